The van der Waals surface area contributed by atoms with Crippen LogP contribution in [-0.4, -0.2) is 59.6 Å². The number of ketones is 1. The minimum absolute atomic E-state index is 0.0572. The van der Waals surface area contributed by atoms with E-state index in [1.54, 1.807) is 17.0 Å². The lowest BCUT2D eigenvalue weighted by molar-refractivity contribution is -0.127. The molecule has 1 aromatic carbocycles. The lowest BCUT2D eigenvalue weighted by Crippen LogP contribution is -2.58. The number of carbonyl (C=O) groups is 2. The second-order valence-electron chi connectivity index (χ2n) is 8.35. The van der Waals surface area contributed by atoms with E-state index in [9.17, 15) is 19.8 Å². The van der Waals surface area contributed by atoms with Gasteiger partial charge in [0.1, 0.15) is 11.5 Å². The van der Waals surface area contributed by atoms with Crippen LogP contribution in [0.5, 0.6) is 5.75 Å². The van der Waals surface area contributed by atoms with Crippen LogP contribution >= 0.6 is 0 Å². The fourth-order valence-corrected chi connectivity index (χ4v) is 5.83. The van der Waals surface area contributed by atoms with Crippen molar-refractivity contribution in [3.8, 4) is 5.75 Å². The normalized spacial score (nSPS) is 33.3. The molecule has 146 valence electrons. The number of aliphatic hydroxyl groups is 1. The maximum Gasteiger partial charge on any atom is 0.231 e. The van der Waals surface area contributed by atoms with E-state index in [0.29, 0.717) is 31.6 Å². The first-order chi connectivity index (χ1) is 13.5. The van der Waals surface area contributed by atoms with Crippen molar-refractivity contribution in [3.63, 3.8) is 0 Å². The van der Waals surface area contributed by atoms with Gasteiger partial charge < -0.3 is 15.1 Å². The summed E-state index contributed by atoms with van der Waals surface area (Å²) >= 11 is 0. The summed E-state index contributed by atoms with van der Waals surface area (Å²) in [5, 5.41) is 20.2. The van der Waals surface area contributed by atoms with Crippen molar-refractivity contribution in [1.82, 2.24) is 4.90 Å². The van der Waals surface area contributed by atoms with Crippen LogP contribution in [0.15, 0.2) is 41.5 Å². The van der Waals surface area contributed by atoms with E-state index in [-0.39, 0.29) is 42.4 Å². The smallest absolute Gasteiger partial charge is 0.231 e. The number of nitrogens with zero attached hydrogens (tertiary/aromatic N) is 2. The molecule has 3 fully saturated rings. The van der Waals surface area contributed by atoms with Gasteiger partial charge >= 0.3 is 0 Å². The Morgan fingerprint density at radius 1 is 1.32 bits per heavy atom. The van der Waals surface area contributed by atoms with Gasteiger partial charge in [-0.05, 0) is 37.2 Å². The largest absolute Gasteiger partial charge is 0.506 e. The molecular formula is C22H24N2O4. The second kappa shape index (κ2) is 6.03. The predicted octanol–water partition coefficient (Wildman–Crippen LogP) is 1.52. The number of phenolic OH excluding ortho intramolecular Hbond substituents is 1. The number of benzene rings is 1. The minimum Gasteiger partial charge on any atom is -0.506 e. The van der Waals surface area contributed by atoms with E-state index in [1.165, 1.54) is 0 Å². The summed E-state index contributed by atoms with van der Waals surface area (Å²) in [5.74, 6) is 0.00194. The number of hydrogen-bond acceptors (Lipinski definition) is 5. The highest BCUT2D eigenvalue weighted by molar-refractivity contribution is 6.09. The fraction of sp³-hybridized carbons (Fsp3) is 0.455. The van der Waals surface area contributed by atoms with Gasteiger partial charge in [-0.1, -0.05) is 29.9 Å². The molecule has 4 aliphatic heterocycles. The van der Waals surface area contributed by atoms with Gasteiger partial charge in [0, 0.05) is 25.3 Å². The van der Waals surface area contributed by atoms with Crippen LogP contribution < -0.4 is 4.90 Å². The summed E-state index contributed by atoms with van der Waals surface area (Å²) in [6.45, 7) is 1.32. The Morgan fingerprint density at radius 2 is 2.14 bits per heavy atom. The van der Waals surface area contributed by atoms with Gasteiger partial charge in [0.2, 0.25) is 5.91 Å². The zero-order valence-corrected chi connectivity index (χ0v) is 15.9. The van der Waals surface area contributed by atoms with Crippen LogP contribution in [0.2, 0.25) is 0 Å². The predicted molar refractivity (Wildman–Crippen MR) is 104 cm³/mol. The van der Waals surface area contributed by atoms with Crippen LogP contribution in [0.1, 0.15) is 24.8 Å². The standard InChI is InChI=1S/C22H24N2O4/c1-23-9-8-22-16-3-2-4-17(26)20(16)24-19(28)6-5-14(21(22)24)15(11-18(22)27)13(12-23)7-10-25/h2-5,7,15,21,25-26H,6,8-12H2,1H3. The maximum absolute atomic E-state index is 13.7. The minimum atomic E-state index is -0.810. The Bertz CT molecular complexity index is 950. The number of hydrogen-bond donors (Lipinski definition) is 2. The Labute approximate surface area is 163 Å². The summed E-state index contributed by atoms with van der Waals surface area (Å²) in [5.41, 5.74) is 2.60. The van der Waals surface area contributed by atoms with Crippen molar-refractivity contribution >= 4 is 17.4 Å². The number of amides is 1. The van der Waals surface area contributed by atoms with Crippen LogP contribution in [-0.2, 0) is 15.0 Å². The van der Waals surface area contributed by atoms with E-state index in [1.807, 2.05) is 25.3 Å². The summed E-state index contributed by atoms with van der Waals surface area (Å²) in [4.78, 5) is 30.5. The lowest BCUT2D eigenvalue weighted by Gasteiger charge is -2.47. The number of para-hydroxylation sites is 1. The van der Waals surface area contributed by atoms with Gasteiger partial charge in [-0.3, -0.25) is 14.5 Å². The zero-order chi connectivity index (χ0) is 19.6. The first-order valence-corrected chi connectivity index (χ1v) is 9.85. The SMILES string of the molecule is CN1CCC23C(=O)CC(C(=CCO)C1)C1=CCC(=O)N(c4c(O)cccc42)C13. The number of phenols is 1. The quantitative estimate of drug-likeness (QED) is 0.722. The molecule has 0 radical (unpaired) electrons. The third-order valence-electron chi connectivity index (χ3n) is 6.99. The van der Waals surface area contributed by atoms with Crippen LogP contribution in [0.25, 0.3) is 0 Å². The molecule has 4 heterocycles. The van der Waals surface area contributed by atoms with Gasteiger partial charge in [0.25, 0.3) is 0 Å². The Morgan fingerprint density at radius 3 is 2.93 bits per heavy atom. The summed E-state index contributed by atoms with van der Waals surface area (Å²) in [6.07, 6.45) is 5.05. The van der Waals surface area contributed by atoms with Crippen LogP contribution in [0.3, 0.4) is 0 Å². The van der Waals surface area contributed by atoms with Crippen molar-refractivity contribution in [1.29, 1.82) is 0 Å². The highest BCUT2D eigenvalue weighted by atomic mass is 16.3. The van der Waals surface area contributed by atoms with E-state index >= 15 is 0 Å². The molecule has 6 rings (SSSR count). The maximum atomic E-state index is 13.7. The molecular weight excluding hydrogens is 356 g/mol. The van der Waals surface area contributed by atoms with Gasteiger partial charge in [0.15, 0.2) is 0 Å². The highest BCUT2D eigenvalue weighted by Crippen LogP contribution is 2.60. The van der Waals surface area contributed by atoms with Gasteiger partial charge in [0.05, 0.1) is 23.8 Å². The molecule has 1 spiro atoms. The number of Topliss-reactive ketones (excluding diaryl/α,β-unsaturated/α-hetero) is 1. The topological polar surface area (TPSA) is 81.1 Å². The van der Waals surface area contributed by atoms with E-state index < -0.39 is 5.41 Å². The molecule has 2 saturated heterocycles. The Hall–Kier alpha value is -2.44. The molecule has 0 aromatic heterocycles. The molecule has 28 heavy (non-hydrogen) atoms. The van der Waals surface area contributed by atoms with Crippen LogP contribution in [0.4, 0.5) is 5.69 Å². The molecule has 1 aromatic rings. The average molecular weight is 380 g/mol. The van der Waals surface area contributed by atoms with E-state index in [0.717, 1.165) is 16.7 Å². The molecule has 2 bridgehead atoms. The van der Waals surface area contributed by atoms with E-state index in [4.69, 9.17) is 0 Å². The number of aromatic hydroxyl groups is 1. The molecule has 1 saturated carbocycles. The van der Waals surface area contributed by atoms with Gasteiger partial charge in [-0.15, -0.1) is 0 Å². The van der Waals surface area contributed by atoms with Crippen molar-refractivity contribution in [2.75, 3.05) is 31.6 Å². The summed E-state index contributed by atoms with van der Waals surface area (Å²) < 4.78 is 0. The summed E-state index contributed by atoms with van der Waals surface area (Å²) in [7, 11) is 2.02. The van der Waals surface area contributed by atoms with Crippen molar-refractivity contribution < 1.29 is 19.8 Å². The number of fused-ring (bicyclic) bond motifs is 7. The second-order valence-corrected chi connectivity index (χ2v) is 8.35. The fourth-order valence-electron chi connectivity index (χ4n) is 5.83. The number of carbonyl (C=O) groups excluding carboxylic acids is 2. The molecule has 3 unspecified atom stereocenters. The lowest BCUT2D eigenvalue weighted by atomic mass is 9.59. The Kier molecular flexibility index (Phi) is 3.80. The average Bonchev–Trinajstić information content (AvgIpc) is 3.01. The van der Waals surface area contributed by atoms with Gasteiger partial charge in [-0.2, -0.15) is 0 Å². The van der Waals surface area contributed by atoms with Crippen molar-refractivity contribution in [3.05, 3.63) is 47.1 Å². The third kappa shape index (κ3) is 2.10. The number of rotatable bonds is 1. The molecule has 6 heteroatoms. The number of aliphatic hydroxyl groups excluding tert-OH is 1. The third-order valence-corrected chi connectivity index (χ3v) is 6.99. The van der Waals surface area contributed by atoms with Crippen molar-refractivity contribution in [2.45, 2.75) is 30.7 Å². The Balaban J connectivity index is 1.81. The first-order valence-electron chi connectivity index (χ1n) is 9.85. The molecule has 6 nitrogen and oxygen atoms in total. The number of anilines is 1. The molecule has 5 aliphatic rings. The molecule has 1 amide bonds. The molecule has 1 aliphatic carbocycles. The van der Waals surface area contributed by atoms with Crippen molar-refractivity contribution in [2.24, 2.45) is 5.92 Å². The zero-order valence-electron chi connectivity index (χ0n) is 15.9. The van der Waals surface area contributed by atoms with Gasteiger partial charge in [-0.25, -0.2) is 0 Å². The molecule has 2 N–H and O–H groups in total. The van der Waals surface area contributed by atoms with E-state index in [2.05, 4.69) is 4.90 Å². The van der Waals surface area contributed by atoms with Crippen LogP contribution in [0, 0.1) is 5.92 Å². The number of likely N-dealkylation sites (N-methyl/N-ethyl adjacent to an activating group) is 1. The molecule has 3 atom stereocenters. The first kappa shape index (κ1) is 17.6. The monoisotopic (exact) mass is 380 g/mol. The summed E-state index contributed by atoms with van der Waals surface area (Å²) in [6, 6.07) is 4.88. The highest BCUT2D eigenvalue weighted by Gasteiger charge is 2.63.